The molecule has 0 bridgehead atoms. The highest BCUT2D eigenvalue weighted by Crippen LogP contribution is 2.42. The van der Waals surface area contributed by atoms with Gasteiger partial charge in [0.05, 0.1) is 0 Å². The number of ether oxygens (including phenoxy) is 1. The Morgan fingerprint density at radius 2 is 1.15 bits per heavy atom. The molecule has 0 heterocycles. The maximum atomic E-state index is 15.1. The first-order valence-electron chi connectivity index (χ1n) is 15.0. The summed E-state index contributed by atoms with van der Waals surface area (Å²) in [7, 11) is 0. The topological polar surface area (TPSA) is 9.23 Å². The lowest BCUT2D eigenvalue weighted by molar-refractivity contribution is -0.189. The molecule has 1 nitrogen and oxygen atoms in total. The third-order valence-electron chi connectivity index (χ3n) is 8.35. The van der Waals surface area contributed by atoms with Crippen LogP contribution in [-0.2, 0) is 12.3 Å². The fourth-order valence-corrected chi connectivity index (χ4v) is 5.99. The third-order valence-corrected chi connectivity index (χ3v) is 8.35. The van der Waals surface area contributed by atoms with Crippen LogP contribution in [0, 0.1) is 40.8 Å². The Morgan fingerprint density at radius 3 is 1.69 bits per heavy atom. The minimum Gasteiger partial charge on any atom is -0.429 e. The summed E-state index contributed by atoms with van der Waals surface area (Å²) < 4.78 is 161. The van der Waals surface area contributed by atoms with Gasteiger partial charge in [0.1, 0.15) is 51.8 Å². The van der Waals surface area contributed by atoms with E-state index in [2.05, 4.69) is 16.9 Å². The minimum atomic E-state index is -5.33. The minimum absolute atomic E-state index is 0.178. The largest absolute Gasteiger partial charge is 0.432 e. The number of hydrogen-bond acceptors (Lipinski definition) is 1. The molecule has 0 saturated heterocycles. The van der Waals surface area contributed by atoms with Gasteiger partial charge in [0.2, 0.25) is 0 Å². The molecule has 0 amide bonds. The Morgan fingerprint density at radius 1 is 0.625 bits per heavy atom. The molecule has 1 saturated carbocycles. The van der Waals surface area contributed by atoms with E-state index in [1.54, 1.807) is 0 Å². The maximum Gasteiger partial charge on any atom is 0.432 e. The summed E-state index contributed by atoms with van der Waals surface area (Å²) >= 11 is 0. The normalized spacial score (nSPS) is 17.2. The number of alkyl halides is 5. The van der Waals surface area contributed by atoms with E-state index in [0.29, 0.717) is 37.0 Å². The standard InChI is InChI=1S/C36H27F11O/c1-2-3-4-19-5-7-20(8-6-19)22-14-31(41)34(32(42)15-22)36(46,47)48-24-10-12-25(28(38)18-24)21-9-11-26(27(37)13-21)23-16-29(39)33(30(40)17-23)35(43,44)45/h3-4,9-20H,2,5-8H2,1H3. The summed E-state index contributed by atoms with van der Waals surface area (Å²) in [6.07, 6.45) is -1.96. The molecule has 4 aromatic carbocycles. The van der Waals surface area contributed by atoms with Gasteiger partial charge in [-0.3, -0.25) is 0 Å². The predicted molar refractivity (Wildman–Crippen MR) is 157 cm³/mol. The first-order valence-corrected chi connectivity index (χ1v) is 15.0. The summed E-state index contributed by atoms with van der Waals surface area (Å²) in [6, 6.07) is 7.33. The quantitative estimate of drug-likeness (QED) is 0.133. The van der Waals surface area contributed by atoms with Gasteiger partial charge in [0, 0.05) is 17.2 Å². The van der Waals surface area contributed by atoms with Crippen molar-refractivity contribution in [2.45, 2.75) is 57.2 Å². The van der Waals surface area contributed by atoms with Crippen molar-refractivity contribution in [2.75, 3.05) is 0 Å². The summed E-state index contributed by atoms with van der Waals surface area (Å²) in [5.41, 5.74) is -5.13. The first kappa shape index (κ1) is 35.0. The molecule has 12 heteroatoms. The average Bonchev–Trinajstić information content (AvgIpc) is 2.98. The van der Waals surface area contributed by atoms with Crippen molar-refractivity contribution in [1.82, 2.24) is 0 Å². The maximum absolute atomic E-state index is 15.1. The lowest BCUT2D eigenvalue weighted by Crippen LogP contribution is -2.25. The van der Waals surface area contributed by atoms with Crippen molar-refractivity contribution in [3.05, 3.63) is 124 Å². The molecule has 1 aliphatic rings. The average molecular weight is 685 g/mol. The second-order valence-electron chi connectivity index (χ2n) is 11.6. The van der Waals surface area contributed by atoms with Crippen LogP contribution >= 0.6 is 0 Å². The number of hydrogen-bond donors (Lipinski definition) is 0. The molecule has 254 valence electrons. The van der Waals surface area contributed by atoms with Crippen molar-refractivity contribution in [2.24, 2.45) is 5.92 Å². The van der Waals surface area contributed by atoms with E-state index in [4.69, 9.17) is 0 Å². The van der Waals surface area contributed by atoms with Gasteiger partial charge < -0.3 is 4.74 Å². The zero-order chi connectivity index (χ0) is 35.0. The molecule has 4 aromatic rings. The molecule has 5 rings (SSSR count). The van der Waals surface area contributed by atoms with Gasteiger partial charge in [-0.25, -0.2) is 26.3 Å². The van der Waals surface area contributed by atoms with Crippen LogP contribution in [0.1, 0.15) is 61.6 Å². The predicted octanol–water partition coefficient (Wildman–Crippen LogP) is 12.2. The van der Waals surface area contributed by atoms with Crippen LogP contribution in [0.25, 0.3) is 22.3 Å². The fraction of sp³-hybridized carbons (Fsp3) is 0.278. The van der Waals surface area contributed by atoms with Crippen LogP contribution in [0.5, 0.6) is 5.75 Å². The third kappa shape index (κ3) is 7.37. The summed E-state index contributed by atoms with van der Waals surface area (Å²) in [5.74, 6) is -10.0. The van der Waals surface area contributed by atoms with Gasteiger partial charge in [-0.15, -0.1) is 0 Å². The molecule has 0 unspecified atom stereocenters. The molecule has 0 atom stereocenters. The van der Waals surface area contributed by atoms with Gasteiger partial charge in [-0.2, -0.15) is 22.0 Å². The van der Waals surface area contributed by atoms with E-state index in [1.165, 1.54) is 0 Å². The van der Waals surface area contributed by atoms with E-state index in [-0.39, 0.29) is 22.6 Å². The summed E-state index contributed by atoms with van der Waals surface area (Å²) in [5, 5.41) is 0. The monoisotopic (exact) mass is 684 g/mol. The van der Waals surface area contributed by atoms with E-state index < -0.39 is 75.2 Å². The molecule has 1 aliphatic carbocycles. The second-order valence-corrected chi connectivity index (χ2v) is 11.6. The Kier molecular flexibility index (Phi) is 9.94. The van der Waals surface area contributed by atoms with Crippen molar-refractivity contribution >= 4 is 0 Å². The molecular formula is C36H27F11O. The molecule has 0 spiro atoms. The highest BCUT2D eigenvalue weighted by Gasteiger charge is 2.42. The SMILES string of the molecule is CCC=CC1CCC(c2cc(F)c(C(F)(F)Oc3ccc(-c4ccc(-c5cc(F)c(C(F)(F)F)c(F)c5)c(F)c4)c(F)c3)c(F)c2)CC1. The van der Waals surface area contributed by atoms with E-state index in [0.717, 1.165) is 61.7 Å². The lowest BCUT2D eigenvalue weighted by atomic mass is 9.78. The van der Waals surface area contributed by atoms with Gasteiger partial charge in [-0.1, -0.05) is 31.2 Å². The van der Waals surface area contributed by atoms with Crippen LogP contribution in [-0.4, -0.2) is 0 Å². The van der Waals surface area contributed by atoms with Gasteiger partial charge >= 0.3 is 12.3 Å². The van der Waals surface area contributed by atoms with Crippen LogP contribution in [0.4, 0.5) is 48.3 Å². The Bertz CT molecular complexity index is 1790. The molecule has 0 N–H and O–H groups in total. The van der Waals surface area contributed by atoms with Crippen LogP contribution in [0.15, 0.2) is 72.8 Å². The van der Waals surface area contributed by atoms with Crippen molar-refractivity contribution in [3.8, 4) is 28.0 Å². The smallest absolute Gasteiger partial charge is 0.429 e. The highest BCUT2D eigenvalue weighted by molar-refractivity contribution is 5.72. The highest BCUT2D eigenvalue weighted by atomic mass is 19.4. The fourth-order valence-electron chi connectivity index (χ4n) is 5.99. The van der Waals surface area contributed by atoms with Gasteiger partial charge in [-0.05, 0) is 103 Å². The van der Waals surface area contributed by atoms with Crippen molar-refractivity contribution < 1.29 is 53.0 Å². The van der Waals surface area contributed by atoms with Crippen LogP contribution in [0.2, 0.25) is 0 Å². The second kappa shape index (κ2) is 13.6. The summed E-state index contributed by atoms with van der Waals surface area (Å²) in [6.45, 7) is 2.01. The van der Waals surface area contributed by atoms with E-state index >= 15 is 13.2 Å². The molecule has 1 fully saturated rings. The Labute approximate surface area is 268 Å². The van der Waals surface area contributed by atoms with Gasteiger partial charge in [0.15, 0.2) is 0 Å². The van der Waals surface area contributed by atoms with E-state index in [1.807, 2.05) is 6.92 Å². The zero-order valence-corrected chi connectivity index (χ0v) is 25.2. The van der Waals surface area contributed by atoms with E-state index in [9.17, 15) is 35.1 Å². The molecule has 0 radical (unpaired) electrons. The number of rotatable bonds is 8. The number of allylic oxidation sites excluding steroid dienone is 2. The van der Waals surface area contributed by atoms with Gasteiger partial charge in [0.25, 0.3) is 0 Å². The number of halogens is 11. The molecule has 0 aliphatic heterocycles. The zero-order valence-electron chi connectivity index (χ0n) is 25.2. The van der Waals surface area contributed by atoms with Crippen LogP contribution < -0.4 is 4.74 Å². The van der Waals surface area contributed by atoms with Crippen LogP contribution in [0.3, 0.4) is 0 Å². The molecule has 48 heavy (non-hydrogen) atoms. The van der Waals surface area contributed by atoms with Crippen molar-refractivity contribution in [1.29, 1.82) is 0 Å². The summed E-state index contributed by atoms with van der Waals surface area (Å²) in [4.78, 5) is 0. The number of benzene rings is 4. The first-order chi connectivity index (χ1) is 22.6. The van der Waals surface area contributed by atoms with Crippen molar-refractivity contribution in [3.63, 3.8) is 0 Å². The Balaban J connectivity index is 1.33. The molecular weight excluding hydrogens is 657 g/mol. The molecule has 0 aromatic heterocycles. The Hall–Kier alpha value is -4.35. The lowest BCUT2D eigenvalue weighted by Gasteiger charge is -2.28.